The summed E-state index contributed by atoms with van der Waals surface area (Å²) in [4.78, 5) is 11.3. The first-order chi connectivity index (χ1) is 9.51. The van der Waals surface area contributed by atoms with Gasteiger partial charge in [-0.3, -0.25) is 10.2 Å². The number of hydrazine groups is 1. The third-order valence-corrected chi connectivity index (χ3v) is 2.59. The summed E-state index contributed by atoms with van der Waals surface area (Å²) in [6.07, 6.45) is 1.31. The van der Waals surface area contributed by atoms with Gasteiger partial charge in [-0.25, -0.2) is 19.3 Å². The third kappa shape index (κ3) is 3.03. The van der Waals surface area contributed by atoms with E-state index in [1.807, 2.05) is 5.43 Å². The number of ether oxygens (including phenoxy) is 1. The van der Waals surface area contributed by atoms with Crippen molar-refractivity contribution in [3.63, 3.8) is 0 Å². The third-order valence-electron chi connectivity index (χ3n) is 2.31. The number of hydrogen-bond acceptors (Lipinski definition) is 4. The monoisotopic (exact) mass is 302 g/mol. The summed E-state index contributed by atoms with van der Waals surface area (Å²) in [7, 11) is 0. The minimum Gasteiger partial charge on any atom is -0.468 e. The topological polar surface area (TPSA) is 82.2 Å². The first-order valence-electron chi connectivity index (χ1n) is 5.33. The molecule has 0 spiro atoms. The second-order valence-corrected chi connectivity index (χ2v) is 4.09. The van der Waals surface area contributed by atoms with Crippen molar-refractivity contribution in [2.75, 3.05) is 0 Å². The number of nitrogens with one attached hydrogen (secondary N) is 1. The van der Waals surface area contributed by atoms with Crippen LogP contribution in [0, 0.1) is 11.6 Å². The Labute approximate surface area is 117 Å². The summed E-state index contributed by atoms with van der Waals surface area (Å²) in [5, 5.41) is 3.88. The molecule has 0 aliphatic heterocycles. The van der Waals surface area contributed by atoms with Crippen molar-refractivity contribution in [1.82, 2.24) is 15.2 Å². The number of benzene rings is 1. The first kappa shape index (κ1) is 14.2. The van der Waals surface area contributed by atoms with Gasteiger partial charge < -0.3 is 4.74 Å². The number of nitrogens with zero attached hydrogens (tertiary/aromatic N) is 2. The molecule has 0 atom stereocenters. The zero-order valence-corrected chi connectivity index (χ0v) is 10.7. The molecule has 2 aromatic rings. The molecule has 9 heteroatoms. The molecule has 1 amide bonds. The largest absolute Gasteiger partial charge is 0.468 e. The summed E-state index contributed by atoms with van der Waals surface area (Å²) in [6, 6.07) is 2.89. The fraction of sp³-hybridized carbons (Fsp3) is 0.0909. The van der Waals surface area contributed by atoms with Gasteiger partial charge in [0.1, 0.15) is 5.82 Å². The van der Waals surface area contributed by atoms with E-state index in [0.717, 1.165) is 12.1 Å². The van der Waals surface area contributed by atoms with E-state index in [-0.39, 0.29) is 23.2 Å². The Kier molecular flexibility index (Phi) is 4.16. The maximum atomic E-state index is 13.3. The average Bonchev–Trinajstić information content (AvgIpc) is 2.78. The van der Waals surface area contributed by atoms with Crippen LogP contribution < -0.4 is 16.0 Å². The van der Waals surface area contributed by atoms with Crippen LogP contribution in [0.1, 0.15) is 10.5 Å². The van der Waals surface area contributed by atoms with Crippen molar-refractivity contribution in [1.29, 1.82) is 0 Å². The zero-order chi connectivity index (χ0) is 14.7. The van der Waals surface area contributed by atoms with Crippen LogP contribution in [-0.4, -0.2) is 15.7 Å². The highest BCUT2D eigenvalue weighted by Gasteiger charge is 2.14. The Morgan fingerprint density at radius 3 is 2.90 bits per heavy atom. The molecule has 2 rings (SSSR count). The summed E-state index contributed by atoms with van der Waals surface area (Å²) >= 11 is 5.77. The number of nitrogen functional groups attached to an aromatic ring is 1. The number of halogens is 3. The Balaban J connectivity index is 2.09. The molecule has 0 aliphatic carbocycles. The van der Waals surface area contributed by atoms with E-state index in [2.05, 4.69) is 5.10 Å². The number of rotatable bonds is 4. The summed E-state index contributed by atoms with van der Waals surface area (Å²) in [5.41, 5.74) is 1.80. The molecule has 0 fully saturated rings. The van der Waals surface area contributed by atoms with Gasteiger partial charge in [0.05, 0.1) is 5.02 Å². The molecule has 1 aromatic carbocycles. The van der Waals surface area contributed by atoms with Crippen molar-refractivity contribution >= 4 is 17.5 Å². The van der Waals surface area contributed by atoms with Gasteiger partial charge in [0.2, 0.25) is 0 Å². The molecule has 0 aliphatic rings. The van der Waals surface area contributed by atoms with Gasteiger partial charge in [0.25, 0.3) is 5.91 Å². The number of hydrogen-bond donors (Lipinski definition) is 2. The molecule has 1 aromatic heterocycles. The second kappa shape index (κ2) is 5.85. The lowest BCUT2D eigenvalue weighted by Gasteiger charge is -2.06. The smallest absolute Gasteiger partial charge is 0.287 e. The SMILES string of the molecule is NNC(=O)c1nn(COc2ccc(F)cc2F)cc1Cl. The van der Waals surface area contributed by atoms with Crippen LogP contribution in [0.15, 0.2) is 24.4 Å². The molecule has 3 N–H and O–H groups in total. The quantitative estimate of drug-likeness (QED) is 0.509. The molecular formula is C11H9ClF2N4O2. The van der Waals surface area contributed by atoms with Crippen LogP contribution in [-0.2, 0) is 6.73 Å². The van der Waals surface area contributed by atoms with Crippen LogP contribution in [0.3, 0.4) is 0 Å². The van der Waals surface area contributed by atoms with Gasteiger partial charge in [-0.15, -0.1) is 0 Å². The Hall–Kier alpha value is -2.19. The Bertz CT molecular complexity index is 647. The van der Waals surface area contributed by atoms with E-state index in [1.54, 1.807) is 0 Å². The maximum absolute atomic E-state index is 13.3. The number of amides is 1. The number of carbonyl (C=O) groups excluding carboxylic acids is 1. The van der Waals surface area contributed by atoms with E-state index in [1.165, 1.54) is 10.9 Å². The summed E-state index contributed by atoms with van der Waals surface area (Å²) < 4.78 is 32.3. The van der Waals surface area contributed by atoms with Crippen LogP contribution in [0.25, 0.3) is 0 Å². The van der Waals surface area contributed by atoms with Gasteiger partial charge in [-0.2, -0.15) is 5.10 Å². The van der Waals surface area contributed by atoms with Crippen LogP contribution >= 0.6 is 11.6 Å². The average molecular weight is 303 g/mol. The highest BCUT2D eigenvalue weighted by molar-refractivity contribution is 6.33. The molecule has 0 saturated heterocycles. The second-order valence-electron chi connectivity index (χ2n) is 3.69. The summed E-state index contributed by atoms with van der Waals surface area (Å²) in [6.45, 7) is -0.208. The maximum Gasteiger partial charge on any atom is 0.287 e. The summed E-state index contributed by atoms with van der Waals surface area (Å²) in [5.74, 6) is 2.59. The van der Waals surface area contributed by atoms with E-state index in [0.29, 0.717) is 6.07 Å². The molecule has 20 heavy (non-hydrogen) atoms. The lowest BCUT2D eigenvalue weighted by atomic mass is 10.3. The van der Waals surface area contributed by atoms with Crippen LogP contribution in [0.5, 0.6) is 5.75 Å². The van der Waals surface area contributed by atoms with E-state index in [4.69, 9.17) is 22.2 Å². The van der Waals surface area contributed by atoms with Gasteiger partial charge in [0, 0.05) is 12.3 Å². The van der Waals surface area contributed by atoms with Gasteiger partial charge in [-0.1, -0.05) is 11.6 Å². The molecule has 106 valence electrons. The molecule has 0 saturated carbocycles. The normalized spacial score (nSPS) is 10.4. The zero-order valence-electron chi connectivity index (χ0n) is 9.94. The lowest BCUT2D eigenvalue weighted by Crippen LogP contribution is -2.30. The van der Waals surface area contributed by atoms with Crippen LogP contribution in [0.4, 0.5) is 8.78 Å². The number of nitrogens with two attached hydrogens (primary N) is 1. The first-order valence-corrected chi connectivity index (χ1v) is 5.71. The van der Waals surface area contributed by atoms with E-state index in [9.17, 15) is 13.6 Å². The van der Waals surface area contributed by atoms with Crippen molar-refractivity contribution in [2.24, 2.45) is 5.84 Å². The van der Waals surface area contributed by atoms with E-state index >= 15 is 0 Å². The molecule has 0 unspecified atom stereocenters. The Morgan fingerprint density at radius 2 is 2.25 bits per heavy atom. The number of carbonyl (C=O) groups is 1. The van der Waals surface area contributed by atoms with Gasteiger partial charge in [-0.05, 0) is 12.1 Å². The predicted molar refractivity (Wildman–Crippen MR) is 65.9 cm³/mol. The van der Waals surface area contributed by atoms with Gasteiger partial charge in [0.15, 0.2) is 24.0 Å². The van der Waals surface area contributed by atoms with Crippen LogP contribution in [0.2, 0.25) is 5.02 Å². The van der Waals surface area contributed by atoms with Gasteiger partial charge >= 0.3 is 0 Å². The highest BCUT2D eigenvalue weighted by Crippen LogP contribution is 2.19. The predicted octanol–water partition coefficient (Wildman–Crippen LogP) is 1.45. The Morgan fingerprint density at radius 1 is 1.50 bits per heavy atom. The van der Waals surface area contributed by atoms with E-state index < -0.39 is 17.5 Å². The minimum atomic E-state index is -0.844. The molecular weight excluding hydrogens is 294 g/mol. The molecule has 0 bridgehead atoms. The highest BCUT2D eigenvalue weighted by atomic mass is 35.5. The minimum absolute atomic E-state index is 0.0659. The van der Waals surface area contributed by atoms with Crippen molar-refractivity contribution in [3.05, 3.63) is 46.7 Å². The lowest BCUT2D eigenvalue weighted by molar-refractivity contribution is 0.0946. The standard InChI is InChI=1S/C11H9ClF2N4O2/c12-7-4-18(17-10(7)11(19)16-15)5-20-9-2-1-6(13)3-8(9)14/h1-4H,5,15H2,(H,16,19). The van der Waals surface area contributed by atoms with Crippen molar-refractivity contribution in [3.8, 4) is 5.75 Å². The van der Waals surface area contributed by atoms with Crippen molar-refractivity contribution in [2.45, 2.75) is 6.73 Å². The molecule has 6 nitrogen and oxygen atoms in total. The fourth-order valence-corrected chi connectivity index (χ4v) is 1.65. The number of aromatic nitrogens is 2. The molecule has 0 radical (unpaired) electrons. The molecule has 1 heterocycles. The van der Waals surface area contributed by atoms with Crippen molar-refractivity contribution < 1.29 is 18.3 Å². The fourth-order valence-electron chi connectivity index (χ4n) is 1.41.